The van der Waals surface area contributed by atoms with Gasteiger partial charge in [0.15, 0.2) is 9.84 Å². The Morgan fingerprint density at radius 2 is 1.48 bits per heavy atom. The van der Waals surface area contributed by atoms with E-state index < -0.39 is 32.4 Å². The van der Waals surface area contributed by atoms with E-state index in [0.29, 0.717) is 11.3 Å². The molecule has 0 bridgehead atoms. The summed E-state index contributed by atoms with van der Waals surface area (Å²) in [6.07, 6.45) is 0. The van der Waals surface area contributed by atoms with Crippen molar-refractivity contribution in [3.8, 4) is 5.75 Å². The number of esters is 2. The molecule has 1 atom stereocenters. The largest absolute Gasteiger partial charge is 0.497 e. The standard InChI is InChI=1S/C14H19NO7S/c1-15-12(9-5-7-10(20-2)8-6-9)23(18,19)11(13(16)21-3)14(17)22-4/h5-8,11-12,15H,1-4H3. The van der Waals surface area contributed by atoms with Crippen LogP contribution in [0.2, 0.25) is 0 Å². The Balaban J connectivity index is 3.32. The maximum atomic E-state index is 12.7. The van der Waals surface area contributed by atoms with E-state index >= 15 is 0 Å². The molecule has 0 aliphatic heterocycles. The molecule has 0 heterocycles. The second kappa shape index (κ2) is 7.93. The summed E-state index contributed by atoms with van der Waals surface area (Å²) < 4.78 is 39.3. The fraction of sp³-hybridized carbons (Fsp3) is 0.429. The van der Waals surface area contributed by atoms with Gasteiger partial charge in [-0.1, -0.05) is 12.1 Å². The summed E-state index contributed by atoms with van der Waals surface area (Å²) >= 11 is 0. The zero-order chi connectivity index (χ0) is 17.6. The molecule has 1 aromatic carbocycles. The SMILES string of the molecule is CNC(c1ccc(OC)cc1)S(=O)(=O)C(C(=O)OC)C(=O)OC. The first-order valence-corrected chi connectivity index (χ1v) is 8.14. The molecule has 0 aliphatic carbocycles. The van der Waals surface area contributed by atoms with Gasteiger partial charge in [-0.3, -0.25) is 9.59 Å². The van der Waals surface area contributed by atoms with E-state index in [9.17, 15) is 18.0 Å². The number of sulfone groups is 1. The van der Waals surface area contributed by atoms with Gasteiger partial charge in [-0.15, -0.1) is 0 Å². The zero-order valence-electron chi connectivity index (χ0n) is 13.2. The van der Waals surface area contributed by atoms with Crippen LogP contribution < -0.4 is 10.1 Å². The van der Waals surface area contributed by atoms with Gasteiger partial charge in [0.1, 0.15) is 11.1 Å². The van der Waals surface area contributed by atoms with Crippen LogP contribution in [-0.4, -0.2) is 54.0 Å². The van der Waals surface area contributed by atoms with Crippen molar-refractivity contribution in [2.45, 2.75) is 10.6 Å². The lowest BCUT2D eigenvalue weighted by Crippen LogP contribution is -2.44. The molecule has 0 fully saturated rings. The predicted molar refractivity (Wildman–Crippen MR) is 81.5 cm³/mol. The molecule has 1 unspecified atom stereocenters. The number of carbonyl (C=O) groups is 2. The van der Waals surface area contributed by atoms with Crippen LogP contribution in [0, 0.1) is 0 Å². The second-order valence-electron chi connectivity index (χ2n) is 4.46. The Labute approximate surface area is 134 Å². The normalized spacial score (nSPS) is 12.6. The van der Waals surface area contributed by atoms with Crippen LogP contribution in [-0.2, 0) is 28.9 Å². The number of methoxy groups -OCH3 is 3. The van der Waals surface area contributed by atoms with Crippen LogP contribution in [0.3, 0.4) is 0 Å². The summed E-state index contributed by atoms with van der Waals surface area (Å²) in [4.78, 5) is 23.5. The van der Waals surface area contributed by atoms with Gasteiger partial charge in [-0.2, -0.15) is 0 Å². The highest BCUT2D eigenvalue weighted by Crippen LogP contribution is 2.26. The molecule has 0 aromatic heterocycles. The van der Waals surface area contributed by atoms with Gasteiger partial charge in [0.05, 0.1) is 21.3 Å². The molecule has 0 amide bonds. The van der Waals surface area contributed by atoms with E-state index in [1.807, 2.05) is 0 Å². The van der Waals surface area contributed by atoms with Gasteiger partial charge in [0.25, 0.3) is 5.25 Å². The highest BCUT2D eigenvalue weighted by Gasteiger charge is 2.46. The second-order valence-corrected chi connectivity index (χ2v) is 6.58. The number of benzene rings is 1. The Bertz CT molecular complexity index is 638. The number of rotatable bonds is 7. The fourth-order valence-corrected chi connectivity index (χ4v) is 3.88. The lowest BCUT2D eigenvalue weighted by molar-refractivity contribution is -0.150. The molecule has 0 spiro atoms. The van der Waals surface area contributed by atoms with E-state index in [4.69, 9.17) is 4.74 Å². The van der Waals surface area contributed by atoms with Gasteiger partial charge in [0.2, 0.25) is 0 Å². The van der Waals surface area contributed by atoms with Crippen molar-refractivity contribution >= 4 is 21.8 Å². The first-order valence-electron chi connectivity index (χ1n) is 6.53. The van der Waals surface area contributed by atoms with Crippen molar-refractivity contribution < 1.29 is 32.2 Å². The molecule has 1 rings (SSSR count). The first-order chi connectivity index (χ1) is 10.8. The van der Waals surface area contributed by atoms with Crippen molar-refractivity contribution in [1.29, 1.82) is 0 Å². The molecule has 0 aliphatic rings. The molecular weight excluding hydrogens is 326 g/mol. The van der Waals surface area contributed by atoms with Gasteiger partial charge in [-0.05, 0) is 24.7 Å². The van der Waals surface area contributed by atoms with E-state index in [1.165, 1.54) is 26.3 Å². The highest BCUT2D eigenvalue weighted by atomic mass is 32.2. The van der Waals surface area contributed by atoms with Crippen LogP contribution in [0.4, 0.5) is 0 Å². The average molecular weight is 345 g/mol. The predicted octanol–water partition coefficient (Wildman–Crippen LogP) is 0.0426. The van der Waals surface area contributed by atoms with Gasteiger partial charge in [0, 0.05) is 0 Å². The summed E-state index contributed by atoms with van der Waals surface area (Å²) in [5.74, 6) is -1.87. The van der Waals surface area contributed by atoms with E-state index in [-0.39, 0.29) is 0 Å². The molecule has 128 valence electrons. The minimum Gasteiger partial charge on any atom is -0.497 e. The molecule has 23 heavy (non-hydrogen) atoms. The zero-order valence-corrected chi connectivity index (χ0v) is 14.0. The molecule has 0 saturated carbocycles. The third-order valence-corrected chi connectivity index (χ3v) is 5.38. The Hall–Kier alpha value is -2.13. The lowest BCUT2D eigenvalue weighted by atomic mass is 10.2. The summed E-state index contributed by atoms with van der Waals surface area (Å²) in [6.45, 7) is 0. The molecule has 0 radical (unpaired) electrons. The Kier molecular flexibility index (Phi) is 6.52. The molecule has 8 nitrogen and oxygen atoms in total. The highest BCUT2D eigenvalue weighted by molar-refractivity contribution is 7.93. The minimum atomic E-state index is -4.31. The number of ether oxygens (including phenoxy) is 3. The monoisotopic (exact) mass is 345 g/mol. The summed E-state index contributed by atoms with van der Waals surface area (Å²) in [5, 5.41) is -0.777. The first kappa shape index (κ1) is 18.9. The maximum Gasteiger partial charge on any atom is 0.335 e. The van der Waals surface area contributed by atoms with Crippen LogP contribution in [0.15, 0.2) is 24.3 Å². The van der Waals surface area contributed by atoms with Crippen molar-refractivity contribution in [1.82, 2.24) is 5.32 Å². The number of nitrogens with one attached hydrogen (secondary N) is 1. The van der Waals surface area contributed by atoms with Crippen molar-refractivity contribution in [3.05, 3.63) is 29.8 Å². The molecule has 1 aromatic rings. The van der Waals surface area contributed by atoms with Crippen LogP contribution in [0.25, 0.3) is 0 Å². The quantitative estimate of drug-likeness (QED) is 0.545. The van der Waals surface area contributed by atoms with Gasteiger partial charge < -0.3 is 19.5 Å². The average Bonchev–Trinajstić information content (AvgIpc) is 2.55. The smallest absolute Gasteiger partial charge is 0.335 e. The summed E-state index contributed by atoms with van der Waals surface area (Å²) in [6, 6.07) is 6.17. The minimum absolute atomic E-state index is 0.339. The third kappa shape index (κ3) is 3.99. The van der Waals surface area contributed by atoms with Gasteiger partial charge in [-0.25, -0.2) is 8.42 Å². The molecule has 9 heteroatoms. The van der Waals surface area contributed by atoms with E-state index in [1.54, 1.807) is 12.1 Å². The van der Waals surface area contributed by atoms with E-state index in [2.05, 4.69) is 14.8 Å². The van der Waals surface area contributed by atoms with Crippen LogP contribution in [0.5, 0.6) is 5.75 Å². The molecular formula is C14H19NO7S. The number of hydrogen-bond acceptors (Lipinski definition) is 8. The van der Waals surface area contributed by atoms with Crippen molar-refractivity contribution in [2.75, 3.05) is 28.4 Å². The Morgan fingerprint density at radius 1 is 1.00 bits per heavy atom. The summed E-state index contributed by atoms with van der Waals surface area (Å²) in [7, 11) is 0.561. The number of hydrogen-bond donors (Lipinski definition) is 1. The summed E-state index contributed by atoms with van der Waals surface area (Å²) in [5.41, 5.74) is 0.339. The topological polar surface area (TPSA) is 108 Å². The van der Waals surface area contributed by atoms with E-state index in [0.717, 1.165) is 14.2 Å². The van der Waals surface area contributed by atoms with Crippen molar-refractivity contribution in [2.24, 2.45) is 0 Å². The van der Waals surface area contributed by atoms with Crippen molar-refractivity contribution in [3.63, 3.8) is 0 Å². The maximum absolute atomic E-state index is 12.7. The lowest BCUT2D eigenvalue weighted by Gasteiger charge is -2.21. The van der Waals surface area contributed by atoms with Gasteiger partial charge >= 0.3 is 11.9 Å². The third-order valence-electron chi connectivity index (χ3n) is 3.17. The van der Waals surface area contributed by atoms with Crippen LogP contribution >= 0.6 is 0 Å². The fourth-order valence-electron chi connectivity index (χ4n) is 2.01. The Morgan fingerprint density at radius 3 is 1.83 bits per heavy atom. The number of carbonyl (C=O) groups excluding carboxylic acids is 2. The molecule has 1 N–H and O–H groups in total. The molecule has 0 saturated heterocycles. The van der Waals surface area contributed by atoms with Crippen LogP contribution in [0.1, 0.15) is 10.9 Å².